The molecule has 0 bridgehead atoms. The normalized spacial score (nSPS) is 18.2. The second-order valence-corrected chi connectivity index (χ2v) is 8.31. The minimum Gasteiger partial charge on any atom is -0.350 e. The molecule has 3 rings (SSSR count). The molecule has 0 radical (unpaired) electrons. The fraction of sp³-hybridized carbons (Fsp3) is 0.538. The van der Waals surface area contributed by atoms with Gasteiger partial charge >= 0.3 is 0 Å². The number of hydrogen-bond donors (Lipinski definition) is 2. The Morgan fingerprint density at radius 2 is 1.53 bits per heavy atom. The van der Waals surface area contributed by atoms with Gasteiger partial charge in [0.05, 0.1) is 0 Å². The van der Waals surface area contributed by atoms with Crippen molar-refractivity contribution in [3.63, 3.8) is 0 Å². The molecule has 1 amide bonds. The average Bonchev–Trinajstić information content (AvgIpc) is 2.80. The summed E-state index contributed by atoms with van der Waals surface area (Å²) in [5, 5.41) is 6.37. The van der Waals surface area contributed by atoms with E-state index in [1.54, 1.807) is 12.1 Å². The lowest BCUT2D eigenvalue weighted by Crippen LogP contribution is -2.34. The SMILES string of the molecule is C/C=C\c1cc(C=O)ccc1/C=C/C(=O)NC1CCCCC1.CNC1CCCCC1. The average molecular weight is 411 g/mol. The summed E-state index contributed by atoms with van der Waals surface area (Å²) >= 11 is 0. The van der Waals surface area contributed by atoms with Gasteiger partial charge in [0.1, 0.15) is 6.29 Å². The first-order valence-corrected chi connectivity index (χ1v) is 11.5. The molecule has 0 saturated heterocycles. The van der Waals surface area contributed by atoms with Crippen LogP contribution in [0.25, 0.3) is 12.2 Å². The summed E-state index contributed by atoms with van der Waals surface area (Å²) in [4.78, 5) is 22.9. The number of nitrogens with one attached hydrogen (secondary N) is 2. The van der Waals surface area contributed by atoms with Gasteiger partial charge in [-0.3, -0.25) is 9.59 Å². The molecule has 1 aromatic carbocycles. The maximum absolute atomic E-state index is 12.0. The van der Waals surface area contributed by atoms with E-state index in [2.05, 4.69) is 17.7 Å². The zero-order valence-electron chi connectivity index (χ0n) is 18.7. The monoisotopic (exact) mass is 410 g/mol. The molecule has 2 saturated carbocycles. The summed E-state index contributed by atoms with van der Waals surface area (Å²) in [6, 6.07) is 6.61. The first kappa shape index (κ1) is 24.1. The zero-order chi connectivity index (χ0) is 21.6. The highest BCUT2D eigenvalue weighted by molar-refractivity contribution is 5.92. The van der Waals surface area contributed by atoms with Gasteiger partial charge in [-0.25, -0.2) is 0 Å². The quantitative estimate of drug-likeness (QED) is 0.479. The molecule has 2 aliphatic rings. The molecule has 0 aliphatic heterocycles. The van der Waals surface area contributed by atoms with Gasteiger partial charge in [0.2, 0.25) is 5.91 Å². The molecule has 0 heterocycles. The Labute approximate surface area is 182 Å². The first-order valence-electron chi connectivity index (χ1n) is 11.5. The van der Waals surface area contributed by atoms with Crippen LogP contribution in [0.2, 0.25) is 0 Å². The van der Waals surface area contributed by atoms with E-state index in [1.165, 1.54) is 51.4 Å². The highest BCUT2D eigenvalue weighted by atomic mass is 16.1. The van der Waals surface area contributed by atoms with Crippen LogP contribution < -0.4 is 10.6 Å². The standard InChI is InChI=1S/C19H23NO2.C7H15N/c1-2-6-17-13-15(14-21)9-10-16(17)11-12-19(22)20-18-7-4-3-5-8-18;1-8-7-5-3-2-4-6-7/h2,6,9-14,18H,3-5,7-8H2,1H3,(H,20,22);7-8H,2-6H2,1H3/b6-2-,12-11+;. The molecule has 1 aromatic rings. The number of rotatable bonds is 6. The summed E-state index contributed by atoms with van der Waals surface area (Å²) in [6.45, 7) is 1.93. The van der Waals surface area contributed by atoms with Gasteiger partial charge in [-0.05, 0) is 62.9 Å². The van der Waals surface area contributed by atoms with Crippen LogP contribution in [0.15, 0.2) is 30.4 Å². The Balaban J connectivity index is 0.000000335. The molecule has 4 nitrogen and oxygen atoms in total. The highest BCUT2D eigenvalue weighted by Gasteiger charge is 2.14. The molecule has 2 fully saturated rings. The van der Waals surface area contributed by atoms with Gasteiger partial charge in [0.25, 0.3) is 0 Å². The third-order valence-electron chi connectivity index (χ3n) is 5.97. The van der Waals surface area contributed by atoms with Crippen molar-refractivity contribution in [3.8, 4) is 0 Å². The molecule has 0 spiro atoms. The lowest BCUT2D eigenvalue weighted by Gasteiger charge is -2.21. The van der Waals surface area contributed by atoms with Crippen LogP contribution in [0, 0.1) is 0 Å². The van der Waals surface area contributed by atoms with Gasteiger partial charge in [-0.15, -0.1) is 0 Å². The number of carbonyl (C=O) groups is 2. The van der Waals surface area contributed by atoms with Crippen LogP contribution in [-0.4, -0.2) is 31.3 Å². The summed E-state index contributed by atoms with van der Waals surface area (Å²) in [6.07, 6.45) is 21.0. The molecule has 0 aromatic heterocycles. The summed E-state index contributed by atoms with van der Waals surface area (Å²) in [7, 11) is 2.07. The van der Waals surface area contributed by atoms with Crippen molar-refractivity contribution in [2.45, 2.75) is 83.2 Å². The van der Waals surface area contributed by atoms with Gasteiger partial charge in [-0.1, -0.05) is 62.8 Å². The van der Waals surface area contributed by atoms with Gasteiger partial charge < -0.3 is 10.6 Å². The second-order valence-electron chi connectivity index (χ2n) is 8.31. The zero-order valence-corrected chi connectivity index (χ0v) is 18.7. The van der Waals surface area contributed by atoms with Gasteiger partial charge in [0, 0.05) is 23.7 Å². The number of aldehydes is 1. The Bertz CT molecular complexity index is 712. The minimum absolute atomic E-state index is 0.0437. The number of carbonyl (C=O) groups excluding carboxylic acids is 2. The molecule has 0 unspecified atom stereocenters. The van der Waals surface area contributed by atoms with E-state index in [1.807, 2.05) is 37.3 Å². The van der Waals surface area contributed by atoms with Crippen LogP contribution in [0.5, 0.6) is 0 Å². The number of benzene rings is 1. The van der Waals surface area contributed by atoms with E-state index in [0.717, 1.165) is 36.3 Å². The molecule has 2 N–H and O–H groups in total. The van der Waals surface area contributed by atoms with E-state index in [0.29, 0.717) is 11.6 Å². The Morgan fingerprint density at radius 1 is 0.900 bits per heavy atom. The number of amides is 1. The predicted octanol–water partition coefficient (Wildman–Crippen LogP) is 5.53. The molecule has 4 heteroatoms. The minimum atomic E-state index is -0.0437. The van der Waals surface area contributed by atoms with Crippen LogP contribution in [0.1, 0.15) is 92.6 Å². The molecular formula is C26H38N2O2. The fourth-order valence-electron chi connectivity index (χ4n) is 4.20. The lowest BCUT2D eigenvalue weighted by atomic mass is 9.95. The van der Waals surface area contributed by atoms with Gasteiger partial charge in [-0.2, -0.15) is 0 Å². The molecule has 164 valence electrons. The maximum Gasteiger partial charge on any atom is 0.244 e. The first-order chi connectivity index (χ1) is 14.7. The molecule has 0 atom stereocenters. The second kappa shape index (κ2) is 13.9. The summed E-state index contributed by atoms with van der Waals surface area (Å²) in [5.41, 5.74) is 2.51. The van der Waals surface area contributed by atoms with Crippen LogP contribution >= 0.6 is 0 Å². The molecule has 2 aliphatic carbocycles. The van der Waals surface area contributed by atoms with E-state index >= 15 is 0 Å². The van der Waals surface area contributed by atoms with E-state index in [4.69, 9.17) is 0 Å². The smallest absolute Gasteiger partial charge is 0.244 e. The largest absolute Gasteiger partial charge is 0.350 e. The van der Waals surface area contributed by atoms with Crippen molar-refractivity contribution in [2.24, 2.45) is 0 Å². The molecular weight excluding hydrogens is 372 g/mol. The van der Waals surface area contributed by atoms with Crippen molar-refractivity contribution < 1.29 is 9.59 Å². The highest BCUT2D eigenvalue weighted by Crippen LogP contribution is 2.18. The fourth-order valence-corrected chi connectivity index (χ4v) is 4.20. The lowest BCUT2D eigenvalue weighted by molar-refractivity contribution is -0.117. The molecule has 30 heavy (non-hydrogen) atoms. The topological polar surface area (TPSA) is 58.2 Å². The van der Waals surface area contributed by atoms with E-state index < -0.39 is 0 Å². The van der Waals surface area contributed by atoms with Crippen molar-refractivity contribution in [1.29, 1.82) is 0 Å². The third-order valence-corrected chi connectivity index (χ3v) is 5.97. The summed E-state index contributed by atoms with van der Waals surface area (Å²) < 4.78 is 0. The van der Waals surface area contributed by atoms with Crippen molar-refractivity contribution >= 4 is 24.3 Å². The van der Waals surface area contributed by atoms with Gasteiger partial charge in [0.15, 0.2) is 0 Å². The van der Waals surface area contributed by atoms with Crippen molar-refractivity contribution in [2.75, 3.05) is 7.05 Å². The van der Waals surface area contributed by atoms with Crippen LogP contribution in [0.3, 0.4) is 0 Å². The Hall–Kier alpha value is -2.20. The van der Waals surface area contributed by atoms with Crippen molar-refractivity contribution in [3.05, 3.63) is 47.0 Å². The predicted molar refractivity (Wildman–Crippen MR) is 127 cm³/mol. The van der Waals surface area contributed by atoms with E-state index in [9.17, 15) is 9.59 Å². The third kappa shape index (κ3) is 8.66. The Morgan fingerprint density at radius 3 is 2.07 bits per heavy atom. The van der Waals surface area contributed by atoms with Crippen LogP contribution in [-0.2, 0) is 4.79 Å². The number of hydrogen-bond acceptors (Lipinski definition) is 3. The van der Waals surface area contributed by atoms with Crippen molar-refractivity contribution in [1.82, 2.24) is 10.6 Å². The summed E-state index contributed by atoms with van der Waals surface area (Å²) in [5.74, 6) is -0.0437. The van der Waals surface area contributed by atoms with E-state index in [-0.39, 0.29) is 5.91 Å². The maximum atomic E-state index is 12.0. The Kier molecular flexibility index (Phi) is 11.2. The number of allylic oxidation sites excluding steroid dienone is 1. The van der Waals surface area contributed by atoms with Crippen LogP contribution in [0.4, 0.5) is 0 Å².